The molecule has 0 bridgehead atoms. The van der Waals surface area contributed by atoms with Crippen molar-refractivity contribution in [2.24, 2.45) is 0 Å². The maximum atomic E-state index is 12.4. The molecule has 1 rings (SSSR count). The Balaban J connectivity index is 3.25. The summed E-state index contributed by atoms with van der Waals surface area (Å²) in [6.07, 6.45) is -0.975. The summed E-state index contributed by atoms with van der Waals surface area (Å²) < 4.78 is 75.6. The van der Waals surface area contributed by atoms with Crippen LogP contribution in [0.1, 0.15) is 5.56 Å². The van der Waals surface area contributed by atoms with E-state index in [2.05, 4.69) is 4.18 Å². The summed E-state index contributed by atoms with van der Waals surface area (Å²) in [5.74, 6) is 0. The standard InChI is InChI=1S/C9H10F3O5PS2/c1-6-3-2-4-7(19-9(10,11)12)8(6)20(15,16)17-5-18(13)14/h2-4,18H,5H2,1H3,(H,13,14). The van der Waals surface area contributed by atoms with E-state index in [0.29, 0.717) is 0 Å². The van der Waals surface area contributed by atoms with Gasteiger partial charge in [-0.2, -0.15) is 21.6 Å². The second-order valence-corrected chi connectivity index (χ2v) is 7.30. The molecular weight excluding hydrogens is 340 g/mol. The van der Waals surface area contributed by atoms with E-state index in [-0.39, 0.29) is 5.56 Å². The van der Waals surface area contributed by atoms with Crippen molar-refractivity contribution in [2.45, 2.75) is 22.2 Å². The number of aryl methyl sites for hydroxylation is 1. The van der Waals surface area contributed by atoms with E-state index in [9.17, 15) is 26.2 Å². The fraction of sp³-hybridized carbons (Fsp3) is 0.333. The number of halogens is 3. The van der Waals surface area contributed by atoms with Gasteiger partial charge in [0.15, 0.2) is 0 Å². The third-order valence-corrected chi connectivity index (χ3v) is 4.98. The van der Waals surface area contributed by atoms with Gasteiger partial charge in [-0.15, -0.1) is 0 Å². The second-order valence-electron chi connectivity index (χ2n) is 3.56. The normalized spacial score (nSPS) is 14.2. The highest BCUT2D eigenvalue weighted by Gasteiger charge is 2.33. The molecule has 0 spiro atoms. The minimum absolute atomic E-state index is 0.0526. The highest BCUT2D eigenvalue weighted by Crippen LogP contribution is 2.41. The Kier molecular flexibility index (Phi) is 5.68. The first kappa shape index (κ1) is 17.5. The zero-order chi connectivity index (χ0) is 15.6. The Morgan fingerprint density at radius 1 is 1.40 bits per heavy atom. The molecule has 1 N–H and O–H groups in total. The van der Waals surface area contributed by atoms with Crippen molar-refractivity contribution < 1.29 is 35.2 Å². The highest BCUT2D eigenvalue weighted by molar-refractivity contribution is 8.00. The van der Waals surface area contributed by atoms with Crippen molar-refractivity contribution in [3.63, 3.8) is 0 Å². The molecule has 0 aromatic heterocycles. The average molecular weight is 350 g/mol. The molecule has 20 heavy (non-hydrogen) atoms. The smallest absolute Gasteiger partial charge is 0.345 e. The second kappa shape index (κ2) is 6.48. The quantitative estimate of drug-likeness (QED) is 0.500. The maximum absolute atomic E-state index is 12.4. The third kappa shape index (κ3) is 5.10. The molecule has 114 valence electrons. The summed E-state index contributed by atoms with van der Waals surface area (Å²) in [4.78, 5) is 7.37. The van der Waals surface area contributed by atoms with Crippen LogP contribution in [0.15, 0.2) is 28.0 Å². The Hall–Kier alpha value is -0.540. The van der Waals surface area contributed by atoms with Crippen LogP contribution in [0.2, 0.25) is 0 Å². The van der Waals surface area contributed by atoms with E-state index in [1.807, 2.05) is 0 Å². The van der Waals surface area contributed by atoms with Gasteiger partial charge in [0.2, 0.25) is 8.03 Å². The number of alkyl halides is 3. The molecule has 0 aliphatic carbocycles. The zero-order valence-corrected chi connectivity index (χ0v) is 12.6. The van der Waals surface area contributed by atoms with E-state index in [1.165, 1.54) is 19.1 Å². The van der Waals surface area contributed by atoms with Crippen molar-refractivity contribution in [3.05, 3.63) is 23.8 Å². The molecule has 0 fully saturated rings. The van der Waals surface area contributed by atoms with Gasteiger partial charge in [0.1, 0.15) is 11.2 Å². The van der Waals surface area contributed by atoms with Crippen LogP contribution in [0, 0.1) is 6.92 Å². The monoisotopic (exact) mass is 350 g/mol. The van der Waals surface area contributed by atoms with Crippen LogP contribution in [0.25, 0.3) is 0 Å². The van der Waals surface area contributed by atoms with E-state index < -0.39 is 51.6 Å². The first-order valence-corrected chi connectivity index (χ1v) is 8.78. The first-order chi connectivity index (χ1) is 9.03. The lowest BCUT2D eigenvalue weighted by molar-refractivity contribution is -0.0329. The molecule has 0 saturated carbocycles. The molecular formula is C9H10F3O5PS2. The molecule has 1 aromatic carbocycles. The fourth-order valence-electron chi connectivity index (χ4n) is 1.34. The summed E-state index contributed by atoms with van der Waals surface area (Å²) in [5, 5.41) is 0. The Morgan fingerprint density at radius 2 is 2.00 bits per heavy atom. The van der Waals surface area contributed by atoms with E-state index >= 15 is 0 Å². The van der Waals surface area contributed by atoms with Crippen LogP contribution in [-0.4, -0.2) is 25.2 Å². The van der Waals surface area contributed by atoms with Crippen molar-refractivity contribution in [2.75, 3.05) is 6.35 Å². The molecule has 5 nitrogen and oxygen atoms in total. The zero-order valence-electron chi connectivity index (χ0n) is 9.97. The molecule has 1 atom stereocenters. The van der Waals surface area contributed by atoms with Crippen LogP contribution in [0.3, 0.4) is 0 Å². The fourth-order valence-corrected chi connectivity index (χ4v) is 4.34. The average Bonchev–Trinajstić information content (AvgIpc) is 2.24. The van der Waals surface area contributed by atoms with E-state index in [0.717, 1.165) is 6.07 Å². The lowest BCUT2D eigenvalue weighted by Crippen LogP contribution is -2.11. The van der Waals surface area contributed by atoms with Gasteiger partial charge in [-0.25, -0.2) is 0 Å². The van der Waals surface area contributed by atoms with Crippen LogP contribution in [0.5, 0.6) is 0 Å². The Morgan fingerprint density at radius 3 is 2.50 bits per heavy atom. The lowest BCUT2D eigenvalue weighted by Gasteiger charge is -2.13. The molecule has 1 aromatic rings. The third-order valence-electron chi connectivity index (χ3n) is 1.99. The molecule has 0 heterocycles. The summed E-state index contributed by atoms with van der Waals surface area (Å²) in [7, 11) is -7.76. The molecule has 11 heteroatoms. The summed E-state index contributed by atoms with van der Waals surface area (Å²) >= 11 is -0.589. The SMILES string of the molecule is Cc1cccc(SC(F)(F)F)c1S(=O)(=O)OC[PH](=O)O. The van der Waals surface area contributed by atoms with E-state index in [1.54, 1.807) is 0 Å². The molecule has 0 amide bonds. The van der Waals surface area contributed by atoms with Crippen LogP contribution < -0.4 is 0 Å². The summed E-state index contributed by atoms with van der Waals surface area (Å²) in [6, 6.07) is 3.57. The molecule has 0 aliphatic rings. The maximum Gasteiger partial charge on any atom is 0.446 e. The minimum Gasteiger partial charge on any atom is -0.345 e. The number of rotatable bonds is 5. The van der Waals surface area contributed by atoms with Gasteiger partial charge in [-0.05, 0) is 30.3 Å². The van der Waals surface area contributed by atoms with Gasteiger partial charge in [0, 0.05) is 4.90 Å². The topological polar surface area (TPSA) is 80.7 Å². The predicted octanol–water partition coefficient (Wildman–Crippen LogP) is 2.74. The number of hydrogen-bond acceptors (Lipinski definition) is 5. The Labute approximate surface area is 118 Å². The van der Waals surface area contributed by atoms with Crippen LogP contribution in [-0.2, 0) is 18.9 Å². The summed E-state index contributed by atoms with van der Waals surface area (Å²) in [6.45, 7) is 1.30. The molecule has 1 unspecified atom stereocenters. The van der Waals surface area contributed by atoms with Crippen molar-refractivity contribution in [1.82, 2.24) is 0 Å². The number of hydrogen-bond donors (Lipinski definition) is 1. The first-order valence-electron chi connectivity index (χ1n) is 4.99. The highest BCUT2D eigenvalue weighted by atomic mass is 32.2. The van der Waals surface area contributed by atoms with Gasteiger partial charge in [-0.1, -0.05) is 12.1 Å². The number of thioether (sulfide) groups is 1. The number of benzene rings is 1. The van der Waals surface area contributed by atoms with Gasteiger partial charge in [0.25, 0.3) is 10.1 Å². The van der Waals surface area contributed by atoms with Crippen molar-refractivity contribution >= 4 is 29.9 Å². The molecule has 0 radical (unpaired) electrons. The molecule has 0 saturated heterocycles. The lowest BCUT2D eigenvalue weighted by atomic mass is 10.2. The van der Waals surface area contributed by atoms with Crippen molar-refractivity contribution in [3.8, 4) is 0 Å². The van der Waals surface area contributed by atoms with Crippen LogP contribution in [0.4, 0.5) is 13.2 Å². The largest absolute Gasteiger partial charge is 0.446 e. The van der Waals surface area contributed by atoms with E-state index in [4.69, 9.17) is 4.89 Å². The van der Waals surface area contributed by atoms with Gasteiger partial charge >= 0.3 is 5.51 Å². The van der Waals surface area contributed by atoms with Crippen LogP contribution >= 0.6 is 19.8 Å². The predicted molar refractivity (Wildman–Crippen MR) is 67.4 cm³/mol. The molecule has 0 aliphatic heterocycles. The van der Waals surface area contributed by atoms with Gasteiger partial charge in [-0.3, -0.25) is 8.75 Å². The van der Waals surface area contributed by atoms with Gasteiger partial charge < -0.3 is 4.89 Å². The Bertz CT molecular complexity index is 614. The summed E-state index contributed by atoms with van der Waals surface area (Å²) in [5.41, 5.74) is -4.61. The minimum atomic E-state index is -4.66. The van der Waals surface area contributed by atoms with Gasteiger partial charge in [0.05, 0.1) is 0 Å². The van der Waals surface area contributed by atoms with Crippen molar-refractivity contribution in [1.29, 1.82) is 0 Å².